The number of nitrogens with zero attached hydrogens (tertiary/aromatic N) is 2. The fourth-order valence-electron chi connectivity index (χ4n) is 1.57. The molecule has 1 aromatic heterocycles. The lowest BCUT2D eigenvalue weighted by atomic mass is 10.3. The van der Waals surface area contributed by atoms with Crippen LogP contribution in [0, 0.1) is 0 Å². The Balaban J connectivity index is 1.78. The van der Waals surface area contributed by atoms with Crippen molar-refractivity contribution < 1.29 is 0 Å². The Morgan fingerprint density at radius 1 is 1.37 bits per heavy atom. The molecule has 0 amide bonds. The van der Waals surface area contributed by atoms with Gasteiger partial charge in [-0.3, -0.25) is 5.10 Å². The summed E-state index contributed by atoms with van der Waals surface area (Å²) in [7, 11) is 0. The number of benzene rings is 1. The number of rotatable bonds is 6. The molecule has 0 fully saturated rings. The van der Waals surface area contributed by atoms with Crippen LogP contribution in [0.5, 0.6) is 0 Å². The van der Waals surface area contributed by atoms with Crippen LogP contribution < -0.4 is 5.32 Å². The van der Waals surface area contributed by atoms with Gasteiger partial charge in [0.05, 0.1) is 16.1 Å². The average molecular weight is 317 g/mol. The van der Waals surface area contributed by atoms with E-state index in [0.29, 0.717) is 10.0 Å². The number of nitrogens with one attached hydrogen (secondary N) is 2. The highest BCUT2D eigenvalue weighted by Crippen LogP contribution is 2.33. The SMILES string of the molecule is CC(NCCSc1c(Cl)cccc1Cl)c1nc[nH]n1. The Bertz CT molecular complexity index is 498. The number of hydrogen-bond donors (Lipinski definition) is 2. The Labute approximate surface area is 126 Å². The van der Waals surface area contributed by atoms with Gasteiger partial charge in [-0.05, 0) is 19.1 Å². The normalized spacial score (nSPS) is 12.6. The maximum absolute atomic E-state index is 6.10. The molecule has 0 bridgehead atoms. The second-order valence-corrected chi connectivity index (χ2v) is 5.85. The second-order valence-electron chi connectivity index (χ2n) is 3.93. The number of aromatic amines is 1. The zero-order valence-electron chi connectivity index (χ0n) is 10.4. The van der Waals surface area contributed by atoms with Gasteiger partial charge < -0.3 is 5.32 Å². The van der Waals surface area contributed by atoms with Crippen molar-refractivity contribution in [3.05, 3.63) is 40.4 Å². The molecule has 1 aromatic carbocycles. The van der Waals surface area contributed by atoms with Gasteiger partial charge in [0, 0.05) is 17.2 Å². The van der Waals surface area contributed by atoms with Crippen LogP contribution in [0.3, 0.4) is 0 Å². The molecule has 2 N–H and O–H groups in total. The molecule has 4 nitrogen and oxygen atoms in total. The number of thioether (sulfide) groups is 1. The molecule has 7 heteroatoms. The number of halogens is 2. The third-order valence-electron chi connectivity index (χ3n) is 2.54. The Morgan fingerprint density at radius 3 is 2.74 bits per heavy atom. The minimum absolute atomic E-state index is 0.119. The van der Waals surface area contributed by atoms with E-state index >= 15 is 0 Å². The highest BCUT2D eigenvalue weighted by Gasteiger charge is 2.09. The van der Waals surface area contributed by atoms with Crippen molar-refractivity contribution in [2.45, 2.75) is 17.9 Å². The molecular formula is C12H14Cl2N4S. The lowest BCUT2D eigenvalue weighted by Crippen LogP contribution is -2.22. The summed E-state index contributed by atoms with van der Waals surface area (Å²) in [4.78, 5) is 5.03. The Hall–Kier alpha value is -0.750. The summed E-state index contributed by atoms with van der Waals surface area (Å²) in [5.41, 5.74) is 0. The molecule has 0 radical (unpaired) electrons. The lowest BCUT2D eigenvalue weighted by Gasteiger charge is -2.11. The highest BCUT2D eigenvalue weighted by molar-refractivity contribution is 7.99. The summed E-state index contributed by atoms with van der Waals surface area (Å²) in [6, 6.07) is 5.66. The van der Waals surface area contributed by atoms with Gasteiger partial charge in [0.25, 0.3) is 0 Å². The van der Waals surface area contributed by atoms with Crippen molar-refractivity contribution in [1.29, 1.82) is 0 Å². The van der Waals surface area contributed by atoms with Gasteiger partial charge in [-0.2, -0.15) is 5.10 Å². The summed E-state index contributed by atoms with van der Waals surface area (Å²) in [6.07, 6.45) is 1.58. The van der Waals surface area contributed by atoms with Crippen LogP contribution in [0.2, 0.25) is 10.0 Å². The van der Waals surface area contributed by atoms with Crippen LogP contribution in [0.1, 0.15) is 18.8 Å². The molecule has 0 aliphatic rings. The first kappa shape index (κ1) is 14.7. The summed E-state index contributed by atoms with van der Waals surface area (Å²) in [5, 5.41) is 11.5. The van der Waals surface area contributed by atoms with E-state index in [1.54, 1.807) is 18.1 Å². The largest absolute Gasteiger partial charge is 0.307 e. The molecule has 19 heavy (non-hydrogen) atoms. The molecule has 1 heterocycles. The van der Waals surface area contributed by atoms with E-state index in [9.17, 15) is 0 Å². The van der Waals surface area contributed by atoms with E-state index < -0.39 is 0 Å². The summed E-state index contributed by atoms with van der Waals surface area (Å²) < 4.78 is 0. The van der Waals surface area contributed by atoms with E-state index in [0.717, 1.165) is 23.0 Å². The van der Waals surface area contributed by atoms with Crippen molar-refractivity contribution in [2.75, 3.05) is 12.3 Å². The summed E-state index contributed by atoms with van der Waals surface area (Å²) in [5.74, 6) is 1.64. The zero-order chi connectivity index (χ0) is 13.7. The maximum Gasteiger partial charge on any atom is 0.166 e. The van der Waals surface area contributed by atoms with E-state index in [4.69, 9.17) is 23.2 Å². The molecule has 0 saturated carbocycles. The van der Waals surface area contributed by atoms with Crippen molar-refractivity contribution >= 4 is 35.0 Å². The third-order valence-corrected chi connectivity index (χ3v) is 4.53. The van der Waals surface area contributed by atoms with Crippen LogP contribution in [-0.4, -0.2) is 27.5 Å². The lowest BCUT2D eigenvalue weighted by molar-refractivity contribution is 0.571. The first-order chi connectivity index (χ1) is 9.18. The first-order valence-corrected chi connectivity index (χ1v) is 7.58. The standard InChI is InChI=1S/C12H14Cl2N4S/c1-8(12-16-7-17-18-12)15-5-6-19-11-9(13)3-2-4-10(11)14/h2-4,7-8,15H,5-6H2,1H3,(H,16,17,18). The quantitative estimate of drug-likeness (QED) is 0.632. The van der Waals surface area contributed by atoms with Gasteiger partial charge in [-0.1, -0.05) is 29.3 Å². The Kier molecular flexibility index (Phi) is 5.51. The van der Waals surface area contributed by atoms with E-state index in [1.165, 1.54) is 0 Å². The van der Waals surface area contributed by atoms with E-state index in [1.807, 2.05) is 25.1 Å². The predicted octanol–water partition coefficient (Wildman–Crippen LogP) is 3.55. The molecular weight excluding hydrogens is 303 g/mol. The smallest absolute Gasteiger partial charge is 0.166 e. The van der Waals surface area contributed by atoms with Gasteiger partial charge in [0.15, 0.2) is 5.82 Å². The van der Waals surface area contributed by atoms with Gasteiger partial charge in [-0.15, -0.1) is 11.8 Å². The van der Waals surface area contributed by atoms with Crippen molar-refractivity contribution in [1.82, 2.24) is 20.5 Å². The molecule has 102 valence electrons. The molecule has 0 spiro atoms. The van der Waals surface area contributed by atoms with Crippen molar-refractivity contribution in [3.63, 3.8) is 0 Å². The van der Waals surface area contributed by atoms with Crippen molar-refractivity contribution in [2.24, 2.45) is 0 Å². The van der Waals surface area contributed by atoms with Crippen LogP contribution in [0.25, 0.3) is 0 Å². The van der Waals surface area contributed by atoms with Crippen molar-refractivity contribution in [3.8, 4) is 0 Å². The predicted molar refractivity (Wildman–Crippen MR) is 80.0 cm³/mol. The highest BCUT2D eigenvalue weighted by atomic mass is 35.5. The van der Waals surface area contributed by atoms with Gasteiger partial charge in [0.2, 0.25) is 0 Å². The molecule has 0 aliphatic heterocycles. The monoisotopic (exact) mass is 316 g/mol. The average Bonchev–Trinajstić information content (AvgIpc) is 2.91. The minimum atomic E-state index is 0.119. The number of H-pyrrole nitrogens is 1. The third kappa shape index (κ3) is 4.11. The molecule has 2 aromatic rings. The fourth-order valence-corrected chi connectivity index (χ4v) is 3.13. The van der Waals surface area contributed by atoms with Gasteiger partial charge in [0.1, 0.15) is 6.33 Å². The van der Waals surface area contributed by atoms with Crippen LogP contribution in [0.15, 0.2) is 29.4 Å². The summed E-state index contributed by atoms with van der Waals surface area (Å²) >= 11 is 13.8. The van der Waals surface area contributed by atoms with E-state index in [2.05, 4.69) is 20.5 Å². The van der Waals surface area contributed by atoms with Crippen LogP contribution >= 0.6 is 35.0 Å². The zero-order valence-corrected chi connectivity index (χ0v) is 12.7. The second kappa shape index (κ2) is 7.14. The molecule has 1 atom stereocenters. The Morgan fingerprint density at radius 2 is 2.11 bits per heavy atom. The molecule has 2 rings (SSSR count). The van der Waals surface area contributed by atoms with E-state index in [-0.39, 0.29) is 6.04 Å². The molecule has 0 saturated heterocycles. The number of hydrogen-bond acceptors (Lipinski definition) is 4. The van der Waals surface area contributed by atoms with Crippen LogP contribution in [-0.2, 0) is 0 Å². The topological polar surface area (TPSA) is 53.6 Å². The van der Waals surface area contributed by atoms with Gasteiger partial charge in [-0.25, -0.2) is 4.98 Å². The van der Waals surface area contributed by atoms with Gasteiger partial charge >= 0.3 is 0 Å². The minimum Gasteiger partial charge on any atom is -0.307 e. The number of aromatic nitrogens is 3. The summed E-state index contributed by atoms with van der Waals surface area (Å²) in [6.45, 7) is 2.85. The maximum atomic E-state index is 6.10. The molecule has 1 unspecified atom stereocenters. The van der Waals surface area contributed by atoms with Crippen LogP contribution in [0.4, 0.5) is 0 Å². The molecule has 0 aliphatic carbocycles. The fraction of sp³-hybridized carbons (Fsp3) is 0.333. The first-order valence-electron chi connectivity index (χ1n) is 5.84.